The van der Waals surface area contributed by atoms with Gasteiger partial charge >= 0.3 is 0 Å². The monoisotopic (exact) mass is 157 g/mol. The second kappa shape index (κ2) is 2.91. The first kappa shape index (κ1) is 8.68. The number of nitrogens with zero attached hydrogens (tertiary/aromatic N) is 1. The Balaban J connectivity index is 2.48. The third-order valence-corrected chi connectivity index (χ3v) is 2.10. The molecule has 3 heteroatoms. The fraction of sp³-hybridized carbons (Fsp3) is 0.875. The van der Waals surface area contributed by atoms with E-state index < -0.39 is 5.60 Å². The Hall–Kier alpha value is -0.410. The number of hydrogen-bond acceptors (Lipinski definition) is 3. The lowest BCUT2D eigenvalue weighted by Gasteiger charge is -2.20. The molecule has 1 saturated heterocycles. The Labute approximate surface area is 67.0 Å². The summed E-state index contributed by atoms with van der Waals surface area (Å²) in [6, 6.07) is 0. The molecule has 11 heavy (non-hydrogen) atoms. The van der Waals surface area contributed by atoms with E-state index in [2.05, 4.69) is 0 Å². The molecule has 0 amide bonds. The van der Waals surface area contributed by atoms with E-state index in [1.807, 2.05) is 11.9 Å². The summed E-state index contributed by atoms with van der Waals surface area (Å²) in [6.07, 6.45) is 1.03. The number of Topliss-reactive ketones (excluding diaryl/α,β-unsaturated/α-hetero) is 1. The van der Waals surface area contributed by atoms with E-state index in [1.165, 1.54) is 6.92 Å². The minimum Gasteiger partial charge on any atom is -0.388 e. The van der Waals surface area contributed by atoms with Crippen molar-refractivity contribution < 1.29 is 9.90 Å². The van der Waals surface area contributed by atoms with Gasteiger partial charge in [0.2, 0.25) is 0 Å². The standard InChI is InChI=1S/C8H15NO2/c1-7(10)5-8(11)3-4-9(2)6-8/h11H,3-6H2,1-2H3. The van der Waals surface area contributed by atoms with Crippen LogP contribution in [0.2, 0.25) is 0 Å². The molecule has 1 rings (SSSR count). The van der Waals surface area contributed by atoms with E-state index in [9.17, 15) is 9.90 Å². The molecule has 1 heterocycles. The van der Waals surface area contributed by atoms with E-state index in [0.717, 1.165) is 13.0 Å². The second-order valence-electron chi connectivity index (χ2n) is 3.59. The molecule has 3 nitrogen and oxygen atoms in total. The van der Waals surface area contributed by atoms with Crippen LogP contribution in [0.3, 0.4) is 0 Å². The van der Waals surface area contributed by atoms with Gasteiger partial charge in [0.25, 0.3) is 0 Å². The Bertz CT molecular complexity index is 169. The lowest BCUT2D eigenvalue weighted by molar-refractivity contribution is -0.121. The molecule has 0 saturated carbocycles. The lowest BCUT2D eigenvalue weighted by atomic mass is 9.97. The number of aliphatic hydroxyl groups is 1. The molecular formula is C8H15NO2. The van der Waals surface area contributed by atoms with Gasteiger partial charge in [-0.1, -0.05) is 0 Å². The summed E-state index contributed by atoms with van der Waals surface area (Å²) < 4.78 is 0. The second-order valence-corrected chi connectivity index (χ2v) is 3.59. The first-order valence-electron chi connectivity index (χ1n) is 3.92. The molecule has 1 fully saturated rings. The highest BCUT2D eigenvalue weighted by molar-refractivity contribution is 5.76. The van der Waals surface area contributed by atoms with Crippen molar-refractivity contribution in [1.82, 2.24) is 4.90 Å². The summed E-state index contributed by atoms with van der Waals surface area (Å²) in [5, 5.41) is 9.77. The number of rotatable bonds is 2. The minimum absolute atomic E-state index is 0.0720. The quantitative estimate of drug-likeness (QED) is 0.615. The zero-order valence-corrected chi connectivity index (χ0v) is 7.13. The average Bonchev–Trinajstić information content (AvgIpc) is 2.08. The summed E-state index contributed by atoms with van der Waals surface area (Å²) in [4.78, 5) is 12.8. The van der Waals surface area contributed by atoms with Crippen molar-refractivity contribution in [3.05, 3.63) is 0 Å². The maximum absolute atomic E-state index is 10.7. The third-order valence-electron chi connectivity index (χ3n) is 2.10. The molecule has 0 aromatic heterocycles. The van der Waals surface area contributed by atoms with Crippen LogP contribution in [0.5, 0.6) is 0 Å². The van der Waals surface area contributed by atoms with Crippen molar-refractivity contribution in [2.75, 3.05) is 20.1 Å². The number of likely N-dealkylation sites (tertiary alicyclic amines) is 1. The summed E-state index contributed by atoms with van der Waals surface area (Å²) >= 11 is 0. The van der Waals surface area contributed by atoms with Gasteiger partial charge in [0.1, 0.15) is 5.78 Å². The van der Waals surface area contributed by atoms with Gasteiger partial charge in [-0.05, 0) is 20.4 Å². The number of likely N-dealkylation sites (N-methyl/N-ethyl adjacent to an activating group) is 1. The van der Waals surface area contributed by atoms with E-state index in [1.54, 1.807) is 0 Å². The van der Waals surface area contributed by atoms with Crippen LogP contribution in [-0.4, -0.2) is 41.5 Å². The molecule has 1 atom stereocenters. The molecule has 0 aromatic carbocycles. The van der Waals surface area contributed by atoms with E-state index >= 15 is 0 Å². The Morgan fingerprint density at radius 3 is 2.73 bits per heavy atom. The van der Waals surface area contributed by atoms with Gasteiger partial charge in [0.05, 0.1) is 5.60 Å². The number of carbonyl (C=O) groups is 1. The van der Waals surface area contributed by atoms with Gasteiger partial charge in [-0.2, -0.15) is 0 Å². The van der Waals surface area contributed by atoms with Crippen LogP contribution in [0.25, 0.3) is 0 Å². The van der Waals surface area contributed by atoms with Crippen LogP contribution in [0, 0.1) is 0 Å². The summed E-state index contributed by atoms with van der Waals surface area (Å²) in [5.41, 5.74) is -0.736. The summed E-state index contributed by atoms with van der Waals surface area (Å²) in [6.45, 7) is 3.05. The number of hydrogen-bond donors (Lipinski definition) is 1. The first-order chi connectivity index (χ1) is 5.02. The van der Waals surface area contributed by atoms with Crippen LogP contribution in [0.4, 0.5) is 0 Å². The molecule has 0 spiro atoms. The van der Waals surface area contributed by atoms with Crippen LogP contribution < -0.4 is 0 Å². The first-order valence-corrected chi connectivity index (χ1v) is 3.92. The molecule has 0 aliphatic carbocycles. The highest BCUT2D eigenvalue weighted by Crippen LogP contribution is 2.23. The van der Waals surface area contributed by atoms with Crippen LogP contribution in [0.1, 0.15) is 19.8 Å². The van der Waals surface area contributed by atoms with E-state index in [-0.39, 0.29) is 5.78 Å². The smallest absolute Gasteiger partial charge is 0.132 e. The highest BCUT2D eigenvalue weighted by Gasteiger charge is 2.35. The molecule has 1 unspecified atom stereocenters. The summed E-state index contributed by atoms with van der Waals surface area (Å²) in [5.74, 6) is 0.0720. The maximum atomic E-state index is 10.7. The molecule has 0 bridgehead atoms. The number of ketones is 1. The van der Waals surface area contributed by atoms with Crippen LogP contribution in [-0.2, 0) is 4.79 Å². The highest BCUT2D eigenvalue weighted by atomic mass is 16.3. The molecule has 0 aromatic rings. The Morgan fingerprint density at radius 1 is 1.73 bits per heavy atom. The molecule has 64 valence electrons. The van der Waals surface area contributed by atoms with Crippen molar-refractivity contribution in [3.8, 4) is 0 Å². The zero-order chi connectivity index (χ0) is 8.48. The predicted octanol–water partition coefficient (Wildman–Crippen LogP) is 0.0321. The number of β-amino-alcohol motifs (C(OH)–C–C–N with tert-alkyl or cyclic N) is 1. The van der Waals surface area contributed by atoms with Crippen molar-refractivity contribution in [2.24, 2.45) is 0 Å². The lowest BCUT2D eigenvalue weighted by Crippen LogP contribution is -2.33. The Kier molecular flexibility index (Phi) is 2.30. The normalized spacial score (nSPS) is 32.6. The Morgan fingerprint density at radius 2 is 2.36 bits per heavy atom. The zero-order valence-electron chi connectivity index (χ0n) is 7.13. The van der Waals surface area contributed by atoms with Crippen molar-refractivity contribution >= 4 is 5.78 Å². The fourth-order valence-electron chi connectivity index (χ4n) is 1.67. The van der Waals surface area contributed by atoms with Crippen molar-refractivity contribution in [1.29, 1.82) is 0 Å². The van der Waals surface area contributed by atoms with E-state index in [4.69, 9.17) is 0 Å². The van der Waals surface area contributed by atoms with Crippen molar-refractivity contribution in [3.63, 3.8) is 0 Å². The van der Waals surface area contributed by atoms with E-state index in [0.29, 0.717) is 13.0 Å². The van der Waals surface area contributed by atoms with Crippen molar-refractivity contribution in [2.45, 2.75) is 25.4 Å². The van der Waals surface area contributed by atoms with Gasteiger partial charge in [0, 0.05) is 19.5 Å². The fourth-order valence-corrected chi connectivity index (χ4v) is 1.67. The molecule has 1 aliphatic heterocycles. The average molecular weight is 157 g/mol. The van der Waals surface area contributed by atoms with Crippen LogP contribution >= 0.6 is 0 Å². The van der Waals surface area contributed by atoms with Gasteiger partial charge < -0.3 is 10.0 Å². The number of carbonyl (C=O) groups excluding carboxylic acids is 1. The van der Waals surface area contributed by atoms with Gasteiger partial charge in [0.15, 0.2) is 0 Å². The molecule has 1 N–H and O–H groups in total. The van der Waals surface area contributed by atoms with Gasteiger partial charge in [-0.25, -0.2) is 0 Å². The van der Waals surface area contributed by atoms with Gasteiger partial charge in [-0.15, -0.1) is 0 Å². The maximum Gasteiger partial charge on any atom is 0.132 e. The molecular weight excluding hydrogens is 142 g/mol. The molecule has 0 radical (unpaired) electrons. The topological polar surface area (TPSA) is 40.5 Å². The minimum atomic E-state index is -0.736. The predicted molar refractivity (Wildman–Crippen MR) is 42.4 cm³/mol. The SMILES string of the molecule is CC(=O)CC1(O)CCN(C)C1. The van der Waals surface area contributed by atoms with Crippen LogP contribution in [0.15, 0.2) is 0 Å². The molecule has 1 aliphatic rings. The summed E-state index contributed by atoms with van der Waals surface area (Å²) in [7, 11) is 1.96. The largest absolute Gasteiger partial charge is 0.388 e. The van der Waals surface area contributed by atoms with Gasteiger partial charge in [-0.3, -0.25) is 4.79 Å². The third kappa shape index (κ3) is 2.27.